The lowest BCUT2D eigenvalue weighted by Crippen LogP contribution is -2.49. The van der Waals surface area contributed by atoms with E-state index in [1.54, 1.807) is 0 Å². The van der Waals surface area contributed by atoms with E-state index in [2.05, 4.69) is 17.1 Å². The van der Waals surface area contributed by atoms with Crippen molar-refractivity contribution in [3.8, 4) is 0 Å². The fraction of sp³-hybridized carbons (Fsp3) is 1.00. The summed E-state index contributed by atoms with van der Waals surface area (Å²) in [7, 11) is 0. The Morgan fingerprint density at radius 1 is 1.21 bits per heavy atom. The predicted molar refractivity (Wildman–Crippen MR) is 60.5 cm³/mol. The summed E-state index contributed by atoms with van der Waals surface area (Å²) in [5, 5.41) is 3.56. The second kappa shape index (κ2) is 5.13. The number of hydrogen-bond donors (Lipinski definition) is 1. The second-order valence-electron chi connectivity index (χ2n) is 4.85. The Hall–Kier alpha value is -0.0800. The van der Waals surface area contributed by atoms with Crippen molar-refractivity contribution in [1.82, 2.24) is 10.2 Å². The molecule has 1 saturated carbocycles. The van der Waals surface area contributed by atoms with Gasteiger partial charge in [0.25, 0.3) is 0 Å². The van der Waals surface area contributed by atoms with E-state index in [9.17, 15) is 0 Å². The van der Waals surface area contributed by atoms with Crippen molar-refractivity contribution in [2.75, 3.05) is 26.2 Å². The maximum absolute atomic E-state index is 3.56. The number of rotatable bonds is 5. The van der Waals surface area contributed by atoms with E-state index in [0.717, 1.165) is 12.0 Å². The third kappa shape index (κ3) is 2.29. The molecule has 0 aromatic heterocycles. The van der Waals surface area contributed by atoms with Gasteiger partial charge in [-0.25, -0.2) is 0 Å². The Kier molecular flexibility index (Phi) is 3.82. The van der Waals surface area contributed by atoms with Gasteiger partial charge in [-0.1, -0.05) is 6.92 Å². The van der Waals surface area contributed by atoms with E-state index in [4.69, 9.17) is 0 Å². The molecule has 2 atom stereocenters. The minimum Gasteiger partial charge on any atom is -0.316 e. The van der Waals surface area contributed by atoms with Crippen LogP contribution in [0, 0.1) is 5.92 Å². The first kappa shape index (κ1) is 10.4. The third-order valence-corrected chi connectivity index (χ3v) is 3.82. The van der Waals surface area contributed by atoms with Crippen molar-refractivity contribution in [2.45, 2.75) is 45.1 Å². The highest BCUT2D eigenvalue weighted by Gasteiger charge is 2.35. The molecule has 0 radical (unpaired) electrons. The highest BCUT2D eigenvalue weighted by atomic mass is 15.2. The van der Waals surface area contributed by atoms with Crippen LogP contribution in [0.1, 0.15) is 39.0 Å². The number of nitrogens with zero attached hydrogens (tertiary/aromatic N) is 1. The fourth-order valence-corrected chi connectivity index (χ4v) is 2.81. The lowest BCUT2D eigenvalue weighted by molar-refractivity contribution is 0.0825. The van der Waals surface area contributed by atoms with Crippen molar-refractivity contribution in [3.05, 3.63) is 0 Å². The molecule has 0 aromatic carbocycles. The average molecular weight is 196 g/mol. The van der Waals surface area contributed by atoms with Crippen molar-refractivity contribution < 1.29 is 0 Å². The summed E-state index contributed by atoms with van der Waals surface area (Å²) in [5.74, 6) is 0.958. The van der Waals surface area contributed by atoms with Crippen LogP contribution in [0.5, 0.6) is 0 Å². The van der Waals surface area contributed by atoms with Gasteiger partial charge in [0.05, 0.1) is 0 Å². The average Bonchev–Trinajstić information content (AvgIpc) is 2.63. The van der Waals surface area contributed by atoms with Crippen LogP contribution in [-0.4, -0.2) is 37.1 Å². The van der Waals surface area contributed by atoms with Crippen LogP contribution in [0.4, 0.5) is 0 Å². The SMILES string of the molecule is CCCNCC1CCC1N1CCCC1. The summed E-state index contributed by atoms with van der Waals surface area (Å²) >= 11 is 0. The van der Waals surface area contributed by atoms with E-state index in [0.29, 0.717) is 0 Å². The molecule has 1 heterocycles. The van der Waals surface area contributed by atoms with Crippen LogP contribution in [0.15, 0.2) is 0 Å². The largest absolute Gasteiger partial charge is 0.316 e. The van der Waals surface area contributed by atoms with Gasteiger partial charge in [0.15, 0.2) is 0 Å². The van der Waals surface area contributed by atoms with Gasteiger partial charge in [-0.15, -0.1) is 0 Å². The van der Waals surface area contributed by atoms with Crippen LogP contribution in [0.25, 0.3) is 0 Å². The summed E-state index contributed by atoms with van der Waals surface area (Å²) in [6.07, 6.45) is 7.05. The quantitative estimate of drug-likeness (QED) is 0.675. The van der Waals surface area contributed by atoms with Gasteiger partial charge in [0.1, 0.15) is 0 Å². The Morgan fingerprint density at radius 2 is 2.00 bits per heavy atom. The van der Waals surface area contributed by atoms with Crippen LogP contribution in [0.3, 0.4) is 0 Å². The summed E-state index contributed by atoms with van der Waals surface area (Å²) in [4.78, 5) is 2.72. The molecule has 1 N–H and O–H groups in total. The van der Waals surface area contributed by atoms with Crippen LogP contribution < -0.4 is 5.32 Å². The molecule has 1 saturated heterocycles. The molecule has 0 aromatic rings. The van der Waals surface area contributed by atoms with E-state index >= 15 is 0 Å². The molecule has 2 heteroatoms. The van der Waals surface area contributed by atoms with Gasteiger partial charge in [-0.05, 0) is 64.2 Å². The second-order valence-corrected chi connectivity index (χ2v) is 4.85. The molecule has 14 heavy (non-hydrogen) atoms. The lowest BCUT2D eigenvalue weighted by atomic mass is 9.78. The van der Waals surface area contributed by atoms with Gasteiger partial charge >= 0.3 is 0 Å². The molecule has 0 bridgehead atoms. The zero-order valence-electron chi connectivity index (χ0n) is 9.47. The predicted octanol–water partition coefficient (Wildman–Crippen LogP) is 1.86. The Morgan fingerprint density at radius 3 is 2.57 bits per heavy atom. The molecule has 0 amide bonds. The van der Waals surface area contributed by atoms with Gasteiger partial charge in [-0.3, -0.25) is 0 Å². The molecule has 2 aliphatic rings. The highest BCUT2D eigenvalue weighted by Crippen LogP contribution is 2.33. The van der Waals surface area contributed by atoms with Gasteiger partial charge in [-0.2, -0.15) is 0 Å². The molecule has 82 valence electrons. The molecule has 1 aliphatic heterocycles. The summed E-state index contributed by atoms with van der Waals surface area (Å²) in [6, 6.07) is 0.932. The van der Waals surface area contributed by atoms with Crippen molar-refractivity contribution >= 4 is 0 Å². The standard InChI is InChI=1S/C12H24N2/c1-2-7-13-10-11-5-6-12(11)14-8-3-4-9-14/h11-13H,2-10H2,1H3. The Bertz CT molecular complexity index is 164. The number of likely N-dealkylation sites (tertiary alicyclic amines) is 1. The van der Waals surface area contributed by atoms with Crippen molar-refractivity contribution in [2.24, 2.45) is 5.92 Å². The maximum Gasteiger partial charge on any atom is 0.0136 e. The van der Waals surface area contributed by atoms with Crippen LogP contribution in [-0.2, 0) is 0 Å². The Labute approximate surface area is 88.1 Å². The maximum atomic E-state index is 3.56. The molecule has 2 nitrogen and oxygen atoms in total. The van der Waals surface area contributed by atoms with Gasteiger partial charge < -0.3 is 10.2 Å². The van der Waals surface area contributed by atoms with Crippen LogP contribution >= 0.6 is 0 Å². The van der Waals surface area contributed by atoms with Crippen LogP contribution in [0.2, 0.25) is 0 Å². The Balaban J connectivity index is 1.67. The monoisotopic (exact) mass is 196 g/mol. The first-order valence-electron chi connectivity index (χ1n) is 6.36. The lowest BCUT2D eigenvalue weighted by Gasteiger charge is -2.43. The molecule has 0 spiro atoms. The number of hydrogen-bond acceptors (Lipinski definition) is 2. The van der Waals surface area contributed by atoms with E-state index in [1.165, 1.54) is 58.3 Å². The van der Waals surface area contributed by atoms with Gasteiger partial charge in [0.2, 0.25) is 0 Å². The minimum absolute atomic E-state index is 0.932. The number of nitrogens with one attached hydrogen (secondary N) is 1. The zero-order valence-corrected chi connectivity index (χ0v) is 9.47. The first-order valence-corrected chi connectivity index (χ1v) is 6.36. The molecule has 2 fully saturated rings. The van der Waals surface area contributed by atoms with Crippen molar-refractivity contribution in [3.63, 3.8) is 0 Å². The zero-order chi connectivity index (χ0) is 9.80. The minimum atomic E-state index is 0.932. The molecule has 2 rings (SSSR count). The summed E-state index contributed by atoms with van der Waals surface area (Å²) in [6.45, 7) is 7.44. The molecular formula is C12H24N2. The highest BCUT2D eigenvalue weighted by molar-refractivity contribution is 4.91. The summed E-state index contributed by atoms with van der Waals surface area (Å²) < 4.78 is 0. The van der Waals surface area contributed by atoms with Gasteiger partial charge in [0, 0.05) is 6.04 Å². The van der Waals surface area contributed by atoms with E-state index < -0.39 is 0 Å². The normalized spacial score (nSPS) is 33.2. The van der Waals surface area contributed by atoms with E-state index in [-0.39, 0.29) is 0 Å². The molecular weight excluding hydrogens is 172 g/mol. The van der Waals surface area contributed by atoms with Crippen molar-refractivity contribution in [1.29, 1.82) is 0 Å². The smallest absolute Gasteiger partial charge is 0.0136 e. The summed E-state index contributed by atoms with van der Waals surface area (Å²) in [5.41, 5.74) is 0. The van der Waals surface area contributed by atoms with E-state index in [1.807, 2.05) is 0 Å². The molecule has 1 aliphatic carbocycles. The topological polar surface area (TPSA) is 15.3 Å². The third-order valence-electron chi connectivity index (χ3n) is 3.82. The first-order chi connectivity index (χ1) is 6.92. The molecule has 2 unspecified atom stereocenters. The fourth-order valence-electron chi connectivity index (χ4n) is 2.81.